The summed E-state index contributed by atoms with van der Waals surface area (Å²) in [7, 11) is 1.72. The molecule has 0 spiro atoms. The Bertz CT molecular complexity index is 435. The molecule has 4 heteroatoms. The minimum absolute atomic E-state index is 0.549. The summed E-state index contributed by atoms with van der Waals surface area (Å²) in [6.45, 7) is 7.45. The largest absolute Gasteiger partial charge is 0.496 e. The van der Waals surface area contributed by atoms with Crippen molar-refractivity contribution in [3.63, 3.8) is 0 Å². The second-order valence-corrected chi connectivity index (χ2v) is 6.56. The fourth-order valence-corrected chi connectivity index (χ4v) is 2.95. The van der Waals surface area contributed by atoms with E-state index >= 15 is 0 Å². The molecular formula is C17H28N2O2. The van der Waals surface area contributed by atoms with Gasteiger partial charge >= 0.3 is 0 Å². The monoisotopic (exact) mass is 292 g/mol. The Morgan fingerprint density at radius 2 is 1.95 bits per heavy atom. The van der Waals surface area contributed by atoms with Crippen LogP contribution < -0.4 is 10.1 Å². The molecule has 21 heavy (non-hydrogen) atoms. The summed E-state index contributed by atoms with van der Waals surface area (Å²) < 4.78 is 5.38. The molecule has 118 valence electrons. The van der Waals surface area contributed by atoms with Crippen molar-refractivity contribution in [1.29, 1.82) is 0 Å². The number of piperidine rings is 1. The molecule has 1 aromatic rings. The van der Waals surface area contributed by atoms with Gasteiger partial charge in [-0.1, -0.05) is 18.2 Å². The van der Waals surface area contributed by atoms with E-state index in [4.69, 9.17) is 4.74 Å². The first-order valence-corrected chi connectivity index (χ1v) is 7.78. The molecule has 0 aromatic heterocycles. The lowest BCUT2D eigenvalue weighted by atomic mass is 10.0. The lowest BCUT2D eigenvalue weighted by Crippen LogP contribution is -2.47. The Hall–Kier alpha value is -1.10. The molecule has 4 nitrogen and oxygen atoms in total. The summed E-state index contributed by atoms with van der Waals surface area (Å²) in [5, 5.41) is 13.5. The van der Waals surface area contributed by atoms with Crippen LogP contribution in [0.3, 0.4) is 0 Å². The molecule has 1 saturated heterocycles. The highest BCUT2D eigenvalue weighted by molar-refractivity contribution is 5.33. The molecule has 0 bridgehead atoms. The maximum atomic E-state index is 9.87. The van der Waals surface area contributed by atoms with Crippen LogP contribution in [-0.4, -0.2) is 48.4 Å². The second kappa shape index (κ2) is 7.25. The van der Waals surface area contributed by atoms with Crippen LogP contribution in [0.2, 0.25) is 0 Å². The van der Waals surface area contributed by atoms with Crippen LogP contribution in [0.25, 0.3) is 0 Å². The van der Waals surface area contributed by atoms with Gasteiger partial charge in [-0.05, 0) is 45.8 Å². The predicted octanol–water partition coefficient (Wildman–Crippen LogP) is 2.02. The van der Waals surface area contributed by atoms with Crippen LogP contribution >= 0.6 is 0 Å². The average Bonchev–Trinajstić information content (AvgIpc) is 2.45. The van der Waals surface area contributed by atoms with Crippen molar-refractivity contribution in [3.05, 3.63) is 29.8 Å². The number of likely N-dealkylation sites (tertiary alicyclic amines) is 1. The standard InChI is InChI=1S/C17H28N2O2/c1-17(2,20)13-19-10-8-15(9-11-19)18-12-14-6-4-5-7-16(14)21-3/h4-7,15,18,20H,8-13H2,1-3H3. The molecule has 0 unspecified atom stereocenters. The normalized spacial score (nSPS) is 17.9. The van der Waals surface area contributed by atoms with E-state index in [1.165, 1.54) is 5.56 Å². The number of para-hydroxylation sites is 1. The summed E-state index contributed by atoms with van der Waals surface area (Å²) in [6, 6.07) is 8.70. The van der Waals surface area contributed by atoms with Crippen molar-refractivity contribution in [2.45, 2.75) is 44.9 Å². The van der Waals surface area contributed by atoms with Crippen molar-refractivity contribution >= 4 is 0 Å². The number of β-amino-alcohol motifs (C(OH)–C–C–N with tert-alkyl or cyclic N) is 1. The zero-order chi connectivity index (χ0) is 15.3. The van der Waals surface area contributed by atoms with Crippen molar-refractivity contribution in [3.8, 4) is 5.75 Å². The Morgan fingerprint density at radius 3 is 2.57 bits per heavy atom. The first kappa shape index (κ1) is 16.3. The molecule has 0 amide bonds. The highest BCUT2D eigenvalue weighted by Gasteiger charge is 2.23. The lowest BCUT2D eigenvalue weighted by molar-refractivity contribution is 0.0268. The number of rotatable bonds is 6. The molecule has 2 rings (SSSR count). The van der Waals surface area contributed by atoms with Crippen molar-refractivity contribution < 1.29 is 9.84 Å². The zero-order valence-electron chi connectivity index (χ0n) is 13.4. The Labute approximate surface area is 128 Å². The van der Waals surface area contributed by atoms with Gasteiger partial charge < -0.3 is 20.1 Å². The fourth-order valence-electron chi connectivity index (χ4n) is 2.95. The van der Waals surface area contributed by atoms with Crippen LogP contribution in [0.5, 0.6) is 5.75 Å². The lowest BCUT2D eigenvalue weighted by Gasteiger charge is -2.35. The van der Waals surface area contributed by atoms with Crippen LogP contribution in [0.4, 0.5) is 0 Å². The third-order valence-corrected chi connectivity index (χ3v) is 3.97. The van der Waals surface area contributed by atoms with E-state index in [2.05, 4.69) is 16.3 Å². The molecule has 0 saturated carbocycles. The minimum atomic E-state index is -0.600. The highest BCUT2D eigenvalue weighted by Crippen LogP contribution is 2.19. The van der Waals surface area contributed by atoms with Crippen molar-refractivity contribution in [2.24, 2.45) is 0 Å². The molecule has 0 atom stereocenters. The molecule has 1 fully saturated rings. The van der Waals surface area contributed by atoms with Gasteiger partial charge in [-0.25, -0.2) is 0 Å². The maximum Gasteiger partial charge on any atom is 0.123 e. The number of hydrogen-bond donors (Lipinski definition) is 2. The summed E-state index contributed by atoms with van der Waals surface area (Å²) in [5.74, 6) is 0.949. The molecule has 0 radical (unpaired) electrons. The highest BCUT2D eigenvalue weighted by atomic mass is 16.5. The first-order chi connectivity index (χ1) is 9.98. The van der Waals surface area contributed by atoms with E-state index in [-0.39, 0.29) is 0 Å². The number of ether oxygens (including phenoxy) is 1. The summed E-state index contributed by atoms with van der Waals surface area (Å²) in [4.78, 5) is 2.35. The number of aliphatic hydroxyl groups is 1. The number of benzene rings is 1. The van der Waals surface area contributed by atoms with Gasteiger partial charge in [0.2, 0.25) is 0 Å². The van der Waals surface area contributed by atoms with Gasteiger partial charge in [0.1, 0.15) is 5.75 Å². The van der Waals surface area contributed by atoms with Crippen molar-refractivity contribution in [2.75, 3.05) is 26.7 Å². The van der Waals surface area contributed by atoms with E-state index in [1.54, 1.807) is 7.11 Å². The minimum Gasteiger partial charge on any atom is -0.496 e. The zero-order valence-corrected chi connectivity index (χ0v) is 13.4. The third kappa shape index (κ3) is 5.30. The topological polar surface area (TPSA) is 44.7 Å². The fraction of sp³-hybridized carbons (Fsp3) is 0.647. The van der Waals surface area contributed by atoms with Crippen molar-refractivity contribution in [1.82, 2.24) is 10.2 Å². The summed E-state index contributed by atoms with van der Waals surface area (Å²) in [6.07, 6.45) is 2.26. The Kier molecular flexibility index (Phi) is 5.62. The van der Waals surface area contributed by atoms with Gasteiger partial charge in [0.15, 0.2) is 0 Å². The van der Waals surface area contributed by atoms with Crippen LogP contribution in [0.1, 0.15) is 32.3 Å². The number of methoxy groups -OCH3 is 1. The van der Waals surface area contributed by atoms with Gasteiger partial charge in [-0.15, -0.1) is 0 Å². The summed E-state index contributed by atoms with van der Waals surface area (Å²) in [5.41, 5.74) is 0.608. The number of nitrogens with zero attached hydrogens (tertiary/aromatic N) is 1. The maximum absolute atomic E-state index is 9.87. The number of nitrogens with one attached hydrogen (secondary N) is 1. The van der Waals surface area contributed by atoms with Gasteiger partial charge in [0.25, 0.3) is 0 Å². The Balaban J connectivity index is 1.76. The van der Waals surface area contributed by atoms with Crippen LogP contribution in [-0.2, 0) is 6.54 Å². The molecule has 1 heterocycles. The van der Waals surface area contributed by atoms with E-state index in [0.717, 1.165) is 44.8 Å². The van der Waals surface area contributed by atoms with E-state index < -0.39 is 5.60 Å². The molecule has 2 N–H and O–H groups in total. The SMILES string of the molecule is COc1ccccc1CNC1CCN(CC(C)(C)O)CC1. The Morgan fingerprint density at radius 1 is 1.29 bits per heavy atom. The first-order valence-electron chi connectivity index (χ1n) is 7.78. The van der Waals surface area contributed by atoms with Gasteiger partial charge in [-0.2, -0.15) is 0 Å². The van der Waals surface area contributed by atoms with Crippen LogP contribution in [0, 0.1) is 0 Å². The predicted molar refractivity (Wildman–Crippen MR) is 85.6 cm³/mol. The average molecular weight is 292 g/mol. The second-order valence-electron chi connectivity index (χ2n) is 6.56. The van der Waals surface area contributed by atoms with E-state index in [1.807, 2.05) is 32.0 Å². The van der Waals surface area contributed by atoms with E-state index in [9.17, 15) is 5.11 Å². The molecular weight excluding hydrogens is 264 g/mol. The smallest absolute Gasteiger partial charge is 0.123 e. The van der Waals surface area contributed by atoms with E-state index in [0.29, 0.717) is 6.04 Å². The van der Waals surface area contributed by atoms with Gasteiger partial charge in [0.05, 0.1) is 12.7 Å². The molecule has 1 aliphatic heterocycles. The van der Waals surface area contributed by atoms with Gasteiger partial charge in [0, 0.05) is 24.7 Å². The third-order valence-electron chi connectivity index (χ3n) is 3.97. The van der Waals surface area contributed by atoms with Crippen LogP contribution in [0.15, 0.2) is 24.3 Å². The molecule has 0 aliphatic carbocycles. The molecule has 1 aliphatic rings. The number of hydrogen-bond acceptors (Lipinski definition) is 4. The van der Waals surface area contributed by atoms with Gasteiger partial charge in [-0.3, -0.25) is 0 Å². The quantitative estimate of drug-likeness (QED) is 0.842. The molecule has 1 aromatic carbocycles. The summed E-state index contributed by atoms with van der Waals surface area (Å²) >= 11 is 0.